The van der Waals surface area contributed by atoms with Gasteiger partial charge in [0.1, 0.15) is 11.3 Å². The molecule has 0 aliphatic rings. The molecular weight excluding hydrogens is 356 g/mol. The Labute approximate surface area is 169 Å². The number of anilines is 2. The first-order chi connectivity index (χ1) is 14.3. The van der Waals surface area contributed by atoms with Crippen molar-refractivity contribution in [2.24, 2.45) is 0 Å². The van der Waals surface area contributed by atoms with Crippen LogP contribution in [0.4, 0.5) is 11.4 Å². The van der Waals surface area contributed by atoms with Crippen LogP contribution in [-0.4, -0.2) is 10.1 Å². The monoisotopic (exact) mass is 376 g/mol. The van der Waals surface area contributed by atoms with Gasteiger partial charge >= 0.3 is 0 Å². The molecule has 1 N–H and O–H groups in total. The smallest absolute Gasteiger partial charge is 0.141 e. The minimum absolute atomic E-state index is 0.209. The normalized spacial score (nSPS) is 11.0. The van der Waals surface area contributed by atoms with E-state index in [-0.39, 0.29) is 5.75 Å². The van der Waals surface area contributed by atoms with Crippen LogP contribution in [0.15, 0.2) is 103 Å². The molecule has 0 amide bonds. The van der Waals surface area contributed by atoms with E-state index in [4.69, 9.17) is 0 Å². The summed E-state index contributed by atoms with van der Waals surface area (Å²) in [4.78, 5) is 6.70. The molecule has 3 heteroatoms. The Morgan fingerprint density at radius 2 is 1.45 bits per heavy atom. The highest BCUT2D eigenvalue weighted by Gasteiger charge is 2.15. The number of fused-ring (bicyclic) bond motifs is 2. The van der Waals surface area contributed by atoms with Crippen molar-refractivity contribution in [2.45, 2.75) is 6.54 Å². The van der Waals surface area contributed by atoms with Gasteiger partial charge in [0.2, 0.25) is 0 Å². The van der Waals surface area contributed by atoms with Gasteiger partial charge in [-0.2, -0.15) is 0 Å². The summed E-state index contributed by atoms with van der Waals surface area (Å²) < 4.78 is 0. The fourth-order valence-electron chi connectivity index (χ4n) is 3.89. The molecule has 0 atom stereocenters. The second-order valence-corrected chi connectivity index (χ2v) is 7.06. The third-order valence-corrected chi connectivity index (χ3v) is 5.29. The molecule has 140 valence electrons. The lowest BCUT2D eigenvalue weighted by Crippen LogP contribution is -2.17. The zero-order chi connectivity index (χ0) is 19.6. The third-order valence-electron chi connectivity index (χ3n) is 5.29. The fraction of sp³-hybridized carbons (Fsp3) is 0.0385. The number of rotatable bonds is 4. The van der Waals surface area contributed by atoms with E-state index in [0.717, 1.165) is 22.3 Å². The van der Waals surface area contributed by atoms with Crippen molar-refractivity contribution < 1.29 is 5.11 Å². The van der Waals surface area contributed by atoms with Crippen molar-refractivity contribution in [3.63, 3.8) is 0 Å². The maximum atomic E-state index is 10.2. The van der Waals surface area contributed by atoms with Gasteiger partial charge in [-0.3, -0.25) is 4.98 Å². The number of nitrogens with zero attached hydrogens (tertiary/aromatic N) is 2. The largest absolute Gasteiger partial charge is 0.506 e. The van der Waals surface area contributed by atoms with E-state index in [1.165, 1.54) is 10.8 Å². The van der Waals surface area contributed by atoms with Crippen LogP contribution in [0, 0.1) is 0 Å². The first kappa shape index (κ1) is 17.3. The average molecular weight is 376 g/mol. The van der Waals surface area contributed by atoms with Crippen molar-refractivity contribution in [1.82, 2.24) is 4.98 Å². The van der Waals surface area contributed by atoms with E-state index < -0.39 is 0 Å². The number of para-hydroxylation sites is 1. The predicted octanol–water partition coefficient (Wildman–Crippen LogP) is 6.43. The molecule has 0 aliphatic carbocycles. The number of phenols is 1. The van der Waals surface area contributed by atoms with E-state index in [1.54, 1.807) is 12.3 Å². The van der Waals surface area contributed by atoms with Gasteiger partial charge < -0.3 is 10.0 Å². The molecule has 0 aliphatic heterocycles. The topological polar surface area (TPSA) is 36.4 Å². The minimum Gasteiger partial charge on any atom is -0.506 e. The maximum Gasteiger partial charge on any atom is 0.141 e. The van der Waals surface area contributed by atoms with Gasteiger partial charge in [0.05, 0.1) is 0 Å². The molecule has 5 aromatic rings. The molecule has 0 bridgehead atoms. The highest BCUT2D eigenvalue weighted by molar-refractivity contribution is 5.96. The van der Waals surface area contributed by atoms with Crippen molar-refractivity contribution in [3.8, 4) is 5.75 Å². The van der Waals surface area contributed by atoms with Crippen molar-refractivity contribution in [1.29, 1.82) is 0 Å². The Morgan fingerprint density at radius 1 is 0.690 bits per heavy atom. The van der Waals surface area contributed by atoms with E-state index >= 15 is 0 Å². The van der Waals surface area contributed by atoms with Gasteiger partial charge in [-0.15, -0.1) is 0 Å². The van der Waals surface area contributed by atoms with Gasteiger partial charge in [0.25, 0.3) is 0 Å². The Bertz CT molecular complexity index is 1290. The molecule has 1 aromatic heterocycles. The number of aromatic hydroxyl groups is 1. The number of benzene rings is 4. The fourth-order valence-corrected chi connectivity index (χ4v) is 3.89. The molecule has 5 rings (SSSR count). The Hall–Kier alpha value is -3.85. The number of hydrogen-bond acceptors (Lipinski definition) is 3. The highest BCUT2D eigenvalue weighted by atomic mass is 16.3. The van der Waals surface area contributed by atoms with Gasteiger partial charge in [-0.05, 0) is 41.3 Å². The van der Waals surface area contributed by atoms with Crippen molar-refractivity contribution in [2.75, 3.05) is 4.90 Å². The van der Waals surface area contributed by atoms with Crippen molar-refractivity contribution in [3.05, 3.63) is 109 Å². The van der Waals surface area contributed by atoms with Crippen LogP contribution >= 0.6 is 0 Å². The summed E-state index contributed by atoms with van der Waals surface area (Å²) in [6, 6.07) is 32.9. The number of aromatic nitrogens is 1. The molecule has 0 radical (unpaired) electrons. The average Bonchev–Trinajstić information content (AvgIpc) is 2.79. The van der Waals surface area contributed by atoms with Crippen molar-refractivity contribution >= 4 is 33.1 Å². The molecule has 29 heavy (non-hydrogen) atoms. The molecule has 0 saturated heterocycles. The van der Waals surface area contributed by atoms with Gasteiger partial charge in [-0.25, -0.2) is 0 Å². The van der Waals surface area contributed by atoms with Crippen LogP contribution < -0.4 is 4.90 Å². The zero-order valence-electron chi connectivity index (χ0n) is 15.9. The van der Waals surface area contributed by atoms with Crippen LogP contribution in [-0.2, 0) is 6.54 Å². The minimum atomic E-state index is 0.209. The van der Waals surface area contributed by atoms with Crippen LogP contribution in [0.25, 0.3) is 21.7 Å². The summed E-state index contributed by atoms with van der Waals surface area (Å²) in [6.07, 6.45) is 1.71. The zero-order valence-corrected chi connectivity index (χ0v) is 15.9. The second-order valence-electron chi connectivity index (χ2n) is 7.06. The lowest BCUT2D eigenvalue weighted by Gasteiger charge is -2.27. The second kappa shape index (κ2) is 7.28. The highest BCUT2D eigenvalue weighted by Crippen LogP contribution is 2.35. The van der Waals surface area contributed by atoms with Gasteiger partial charge in [-0.1, -0.05) is 66.7 Å². The third kappa shape index (κ3) is 3.17. The first-order valence-electron chi connectivity index (χ1n) is 9.67. The van der Waals surface area contributed by atoms with E-state index in [0.29, 0.717) is 12.1 Å². The lowest BCUT2D eigenvalue weighted by molar-refractivity contribution is 0.480. The lowest BCUT2D eigenvalue weighted by atomic mass is 10.0. The Morgan fingerprint density at radius 3 is 2.34 bits per heavy atom. The molecule has 0 fully saturated rings. The van der Waals surface area contributed by atoms with Crippen LogP contribution in [0.2, 0.25) is 0 Å². The van der Waals surface area contributed by atoms with E-state index in [2.05, 4.69) is 76.6 Å². The quantitative estimate of drug-likeness (QED) is 0.392. The van der Waals surface area contributed by atoms with Crippen LogP contribution in [0.3, 0.4) is 0 Å². The van der Waals surface area contributed by atoms with Crippen LogP contribution in [0.1, 0.15) is 5.56 Å². The Balaban J connectivity index is 1.70. The standard InChI is InChI=1S/C26H20N2O/c29-25-16-15-20(23-13-7-17-27-26(23)25)18-28(21-10-2-1-3-11-21)24-14-6-9-19-8-4-5-12-22(19)24/h1-17,29H,18H2. The van der Waals surface area contributed by atoms with Gasteiger partial charge in [0, 0.05) is 34.9 Å². The SMILES string of the molecule is Oc1ccc(CN(c2ccccc2)c2cccc3ccccc23)c2cccnc12. The summed E-state index contributed by atoms with van der Waals surface area (Å²) >= 11 is 0. The maximum absolute atomic E-state index is 10.2. The number of pyridine rings is 1. The molecule has 0 saturated carbocycles. The number of hydrogen-bond donors (Lipinski definition) is 1. The summed E-state index contributed by atoms with van der Waals surface area (Å²) in [6.45, 7) is 0.667. The number of phenolic OH excluding ortho intramolecular Hbond substituents is 1. The predicted molar refractivity (Wildman–Crippen MR) is 120 cm³/mol. The first-order valence-corrected chi connectivity index (χ1v) is 9.67. The Kier molecular flexibility index (Phi) is 4.34. The van der Waals surface area contributed by atoms with Gasteiger partial charge in [0.15, 0.2) is 0 Å². The van der Waals surface area contributed by atoms with E-state index in [9.17, 15) is 5.11 Å². The van der Waals surface area contributed by atoms with E-state index in [1.807, 2.05) is 24.3 Å². The summed E-state index contributed by atoms with van der Waals surface area (Å²) in [5.74, 6) is 0.209. The molecule has 0 unspecified atom stereocenters. The summed E-state index contributed by atoms with van der Waals surface area (Å²) in [5.41, 5.74) is 4.02. The summed E-state index contributed by atoms with van der Waals surface area (Å²) in [7, 11) is 0. The van der Waals surface area contributed by atoms with Crippen LogP contribution in [0.5, 0.6) is 5.75 Å². The summed E-state index contributed by atoms with van der Waals surface area (Å²) in [5, 5.41) is 13.6. The molecule has 0 spiro atoms. The molecule has 4 aromatic carbocycles. The molecule has 1 heterocycles. The molecule has 3 nitrogen and oxygen atoms in total. The molecular formula is C26H20N2O.